The smallest absolute Gasteiger partial charge is 0.216 e. The molecule has 0 spiro atoms. The fourth-order valence-corrected chi connectivity index (χ4v) is 5.95. The minimum absolute atomic E-state index is 0.0634. The molecule has 0 bridgehead atoms. The van der Waals surface area contributed by atoms with Gasteiger partial charge in [-0.15, -0.1) is 16.4 Å². The van der Waals surface area contributed by atoms with Crippen LogP contribution in [0.1, 0.15) is 43.0 Å². The minimum atomic E-state index is -0.424. The molecule has 0 radical (unpaired) electrons. The van der Waals surface area contributed by atoms with Gasteiger partial charge in [-0.2, -0.15) is 5.26 Å². The Morgan fingerprint density at radius 1 is 1.46 bits per heavy atom. The number of ketones is 1. The predicted molar refractivity (Wildman–Crippen MR) is 113 cm³/mol. The molecule has 0 fully saturated rings. The third-order valence-electron chi connectivity index (χ3n) is 5.16. The van der Waals surface area contributed by atoms with Gasteiger partial charge in [0, 0.05) is 22.6 Å². The summed E-state index contributed by atoms with van der Waals surface area (Å²) in [6.45, 7) is 6.15. The highest BCUT2D eigenvalue weighted by Gasteiger charge is 2.45. The number of Topliss-reactive ketones (excluding diaryl/α,β-unsaturated/α-hetero) is 1. The number of nitrogens with two attached hydrogens (primary N) is 1. The van der Waals surface area contributed by atoms with Gasteiger partial charge in [-0.3, -0.25) is 14.8 Å². The van der Waals surface area contributed by atoms with Crippen LogP contribution in [-0.4, -0.2) is 16.0 Å². The Morgan fingerprint density at radius 2 is 2.21 bits per heavy atom. The van der Waals surface area contributed by atoms with E-state index in [1.54, 1.807) is 16.2 Å². The van der Waals surface area contributed by atoms with Crippen molar-refractivity contribution in [3.63, 3.8) is 0 Å². The third-order valence-corrected chi connectivity index (χ3v) is 7.32. The number of aromatic nitrogens is 2. The zero-order valence-electron chi connectivity index (χ0n) is 15.7. The lowest BCUT2D eigenvalue weighted by Gasteiger charge is -2.42. The summed E-state index contributed by atoms with van der Waals surface area (Å²) >= 11 is 8.02. The molecule has 0 aromatic carbocycles. The number of H-pyrrole nitrogens is 1. The molecule has 0 amide bonds. The van der Waals surface area contributed by atoms with Crippen LogP contribution < -0.4 is 10.6 Å². The quantitative estimate of drug-likeness (QED) is 0.682. The highest BCUT2D eigenvalue weighted by molar-refractivity contribution is 7.73. The van der Waals surface area contributed by atoms with Crippen molar-refractivity contribution in [1.82, 2.24) is 10.2 Å². The highest BCUT2D eigenvalue weighted by Crippen LogP contribution is 2.51. The van der Waals surface area contributed by atoms with Crippen LogP contribution in [0.15, 0.2) is 34.1 Å². The van der Waals surface area contributed by atoms with Crippen molar-refractivity contribution in [3.8, 4) is 6.07 Å². The first-order valence-corrected chi connectivity index (χ1v) is 10.9. The zero-order chi connectivity index (χ0) is 20.2. The number of anilines is 1. The molecule has 2 aromatic heterocycles. The molecule has 3 heterocycles. The van der Waals surface area contributed by atoms with Crippen LogP contribution in [0.4, 0.5) is 5.13 Å². The Morgan fingerprint density at radius 3 is 2.79 bits per heavy atom. The SMILES string of the molecule is Cc1ccsc1C1C(C#N)=C(N)N(c2n[nH]c(=S)s2)C2=C1C(=O)CC(C)(C)C2. The topological polar surface area (TPSA) is 98.8 Å². The number of aryl methyl sites for hydroxylation is 1. The summed E-state index contributed by atoms with van der Waals surface area (Å²) in [4.78, 5) is 16.1. The molecule has 1 aliphatic carbocycles. The van der Waals surface area contributed by atoms with Gasteiger partial charge < -0.3 is 5.73 Å². The third kappa shape index (κ3) is 2.92. The van der Waals surface area contributed by atoms with Gasteiger partial charge in [0.05, 0.1) is 17.6 Å². The van der Waals surface area contributed by atoms with E-state index >= 15 is 0 Å². The average molecular weight is 430 g/mol. The van der Waals surface area contributed by atoms with Crippen molar-refractivity contribution in [3.05, 3.63) is 48.5 Å². The molecule has 4 rings (SSSR count). The lowest BCUT2D eigenvalue weighted by Crippen LogP contribution is -2.42. The lowest BCUT2D eigenvalue weighted by atomic mass is 9.69. The van der Waals surface area contributed by atoms with E-state index in [4.69, 9.17) is 18.0 Å². The van der Waals surface area contributed by atoms with Crippen LogP contribution in [-0.2, 0) is 4.79 Å². The van der Waals surface area contributed by atoms with Crippen LogP contribution in [0.2, 0.25) is 0 Å². The summed E-state index contributed by atoms with van der Waals surface area (Å²) in [5.74, 6) is -0.0394. The maximum absolute atomic E-state index is 13.3. The van der Waals surface area contributed by atoms with E-state index in [2.05, 4.69) is 30.1 Å². The van der Waals surface area contributed by atoms with Crippen molar-refractivity contribution in [2.24, 2.45) is 11.1 Å². The minimum Gasteiger partial charge on any atom is -0.384 e. The van der Waals surface area contributed by atoms with Crippen molar-refractivity contribution in [2.45, 2.75) is 39.5 Å². The summed E-state index contributed by atoms with van der Waals surface area (Å²) in [5, 5.41) is 19.6. The van der Waals surface area contributed by atoms with Crippen molar-refractivity contribution < 1.29 is 4.79 Å². The summed E-state index contributed by atoms with van der Waals surface area (Å²) < 4.78 is 0.515. The molecule has 144 valence electrons. The van der Waals surface area contributed by atoms with Crippen LogP contribution in [0.25, 0.3) is 0 Å². The van der Waals surface area contributed by atoms with Crippen LogP contribution in [0.5, 0.6) is 0 Å². The summed E-state index contributed by atoms with van der Waals surface area (Å²) in [6.07, 6.45) is 1.11. The normalized spacial score (nSPS) is 21.7. The van der Waals surface area contributed by atoms with Crippen molar-refractivity contribution in [2.75, 3.05) is 4.90 Å². The van der Waals surface area contributed by atoms with Gasteiger partial charge in [-0.05, 0) is 48.0 Å². The maximum atomic E-state index is 13.3. The largest absolute Gasteiger partial charge is 0.384 e. The Bertz CT molecular complexity index is 1140. The number of carbonyl (C=O) groups excluding carboxylic acids is 1. The van der Waals surface area contributed by atoms with E-state index in [1.165, 1.54) is 11.3 Å². The summed E-state index contributed by atoms with van der Waals surface area (Å²) in [7, 11) is 0. The van der Waals surface area contributed by atoms with E-state index in [9.17, 15) is 10.1 Å². The van der Waals surface area contributed by atoms with Gasteiger partial charge in [-0.1, -0.05) is 25.2 Å². The van der Waals surface area contributed by atoms with E-state index in [0.29, 0.717) is 38.9 Å². The van der Waals surface area contributed by atoms with E-state index in [0.717, 1.165) is 16.1 Å². The lowest BCUT2D eigenvalue weighted by molar-refractivity contribution is -0.118. The number of nitrogens with one attached hydrogen (secondary N) is 1. The van der Waals surface area contributed by atoms with Crippen LogP contribution in [0.3, 0.4) is 0 Å². The first kappa shape index (κ1) is 19.1. The van der Waals surface area contributed by atoms with Gasteiger partial charge in [0.15, 0.2) is 9.74 Å². The molecule has 0 saturated heterocycles. The molecular formula is C19H19N5OS3. The molecule has 1 atom stereocenters. The molecule has 1 unspecified atom stereocenters. The molecule has 1 aliphatic heterocycles. The Balaban J connectivity index is 2.02. The van der Waals surface area contributed by atoms with Gasteiger partial charge in [0.25, 0.3) is 0 Å². The van der Waals surface area contributed by atoms with Gasteiger partial charge >= 0.3 is 0 Å². The zero-order valence-corrected chi connectivity index (χ0v) is 18.1. The highest BCUT2D eigenvalue weighted by atomic mass is 32.1. The molecule has 0 saturated carbocycles. The molecule has 3 N–H and O–H groups in total. The van der Waals surface area contributed by atoms with Crippen molar-refractivity contribution in [1.29, 1.82) is 5.26 Å². The molecular weight excluding hydrogens is 410 g/mol. The molecule has 9 heteroatoms. The number of aromatic amines is 1. The summed E-state index contributed by atoms with van der Waals surface area (Å²) in [5.41, 5.74) is 9.26. The number of hydrogen-bond donors (Lipinski definition) is 2. The number of hydrogen-bond acceptors (Lipinski definition) is 8. The fraction of sp³-hybridized carbons (Fsp3) is 0.368. The van der Waals surface area contributed by atoms with E-state index < -0.39 is 5.92 Å². The first-order valence-electron chi connectivity index (χ1n) is 8.79. The van der Waals surface area contributed by atoms with E-state index in [-0.39, 0.29) is 11.2 Å². The second kappa shape index (κ2) is 6.65. The second-order valence-corrected chi connectivity index (χ2v) is 10.4. The number of nitrogens with zero attached hydrogens (tertiary/aromatic N) is 3. The average Bonchev–Trinajstić information content (AvgIpc) is 3.21. The number of thiophene rings is 1. The molecule has 28 heavy (non-hydrogen) atoms. The maximum Gasteiger partial charge on any atom is 0.216 e. The Labute approximate surface area is 176 Å². The van der Waals surface area contributed by atoms with Gasteiger partial charge in [-0.25, -0.2) is 0 Å². The van der Waals surface area contributed by atoms with E-state index in [1.807, 2.05) is 18.4 Å². The monoisotopic (exact) mass is 429 g/mol. The Hall–Kier alpha value is -2.28. The van der Waals surface area contributed by atoms with Crippen molar-refractivity contribution >= 4 is 45.8 Å². The fourth-order valence-electron chi connectivity index (χ4n) is 3.99. The number of carbonyl (C=O) groups is 1. The second-order valence-electron chi connectivity index (χ2n) is 7.84. The number of allylic oxidation sites excluding steroid dienone is 3. The van der Waals surface area contributed by atoms with Crippen LogP contribution in [0, 0.1) is 27.6 Å². The first-order chi connectivity index (χ1) is 13.2. The Kier molecular flexibility index (Phi) is 4.53. The molecule has 2 aromatic rings. The predicted octanol–water partition coefficient (Wildman–Crippen LogP) is 4.51. The van der Waals surface area contributed by atoms with Gasteiger partial charge in [0.2, 0.25) is 5.13 Å². The van der Waals surface area contributed by atoms with Gasteiger partial charge in [0.1, 0.15) is 5.82 Å². The summed E-state index contributed by atoms with van der Waals surface area (Å²) in [6, 6.07) is 4.28. The number of rotatable bonds is 2. The molecule has 2 aliphatic rings. The standard InChI is InChI=1S/C19H19N5OS3/c1-9-4-5-27-15(9)13-10(8-20)16(21)24(17-22-23-18(26)28-17)11-6-19(2,3)7-12(25)14(11)13/h4-5,13H,6-7,21H2,1-3H3,(H,23,26). The van der Waals surface area contributed by atoms with Crippen LogP contribution >= 0.6 is 34.9 Å². The number of nitriles is 1. The molecule has 6 nitrogen and oxygen atoms in total.